The van der Waals surface area contributed by atoms with Gasteiger partial charge in [0.1, 0.15) is 11.6 Å². The molecule has 0 aromatic heterocycles. The highest BCUT2D eigenvalue weighted by atomic mass is 79.9. The Bertz CT molecular complexity index is 784. The van der Waals surface area contributed by atoms with Gasteiger partial charge in [0.25, 0.3) is 0 Å². The van der Waals surface area contributed by atoms with Gasteiger partial charge in [-0.05, 0) is 70.2 Å². The van der Waals surface area contributed by atoms with Crippen molar-refractivity contribution in [1.29, 1.82) is 0 Å². The summed E-state index contributed by atoms with van der Waals surface area (Å²) < 4.78 is 19.6. The number of carbonyl (C=O) groups is 1. The summed E-state index contributed by atoms with van der Waals surface area (Å²) in [6.07, 6.45) is 1.86. The van der Waals surface area contributed by atoms with E-state index in [4.69, 9.17) is 4.74 Å². The van der Waals surface area contributed by atoms with Crippen LogP contribution in [0.1, 0.15) is 30.0 Å². The van der Waals surface area contributed by atoms with Crippen molar-refractivity contribution in [2.75, 3.05) is 12.9 Å². The number of aryl methyl sites for hydroxylation is 1. The lowest BCUT2D eigenvalue weighted by Crippen LogP contribution is -2.30. The number of benzene rings is 2. The van der Waals surface area contributed by atoms with Crippen molar-refractivity contribution in [3.8, 4) is 5.75 Å². The quantitative estimate of drug-likeness (QED) is 0.744. The monoisotopic (exact) mass is 423 g/mol. The Morgan fingerprint density at radius 1 is 1.36 bits per heavy atom. The van der Waals surface area contributed by atoms with E-state index in [1.807, 2.05) is 18.2 Å². The maximum Gasteiger partial charge on any atom is 0.220 e. The molecular formula is C19H19BrFNO2S. The van der Waals surface area contributed by atoms with E-state index in [1.165, 1.54) is 12.1 Å². The van der Waals surface area contributed by atoms with Gasteiger partial charge in [0, 0.05) is 17.1 Å². The number of hydrogen-bond donors (Lipinski definition) is 1. The molecule has 0 fully saturated rings. The van der Waals surface area contributed by atoms with Crippen LogP contribution < -0.4 is 10.1 Å². The number of rotatable bonds is 5. The number of thioether (sulfide) groups is 1. The Morgan fingerprint density at radius 2 is 2.20 bits per heavy atom. The third kappa shape index (κ3) is 4.55. The number of halogens is 2. The van der Waals surface area contributed by atoms with Crippen molar-refractivity contribution in [1.82, 2.24) is 5.32 Å². The molecule has 25 heavy (non-hydrogen) atoms. The van der Waals surface area contributed by atoms with Gasteiger partial charge in [0.05, 0.1) is 17.6 Å². The summed E-state index contributed by atoms with van der Waals surface area (Å²) in [7, 11) is 1.62. The van der Waals surface area contributed by atoms with E-state index in [0.717, 1.165) is 38.4 Å². The third-order valence-corrected chi connectivity index (χ3v) is 5.95. The Morgan fingerprint density at radius 3 is 2.96 bits per heavy atom. The van der Waals surface area contributed by atoms with Crippen molar-refractivity contribution in [2.24, 2.45) is 0 Å². The number of amides is 1. The lowest BCUT2D eigenvalue weighted by Gasteiger charge is -2.26. The van der Waals surface area contributed by atoms with Crippen LogP contribution in [0.3, 0.4) is 0 Å². The number of methoxy groups -OCH3 is 1. The average Bonchev–Trinajstić information content (AvgIpc) is 2.60. The van der Waals surface area contributed by atoms with Crippen molar-refractivity contribution in [2.45, 2.75) is 30.2 Å². The molecule has 6 heteroatoms. The lowest BCUT2D eigenvalue weighted by molar-refractivity contribution is -0.121. The van der Waals surface area contributed by atoms with Crippen molar-refractivity contribution >= 4 is 33.6 Å². The largest absolute Gasteiger partial charge is 0.496 e. The van der Waals surface area contributed by atoms with E-state index in [1.54, 1.807) is 24.9 Å². The normalized spacial score (nSPS) is 16.2. The van der Waals surface area contributed by atoms with E-state index in [-0.39, 0.29) is 17.8 Å². The van der Waals surface area contributed by atoms with Crippen LogP contribution in [-0.4, -0.2) is 18.8 Å². The van der Waals surface area contributed by atoms with Gasteiger partial charge in [-0.3, -0.25) is 4.79 Å². The summed E-state index contributed by atoms with van der Waals surface area (Å²) in [5.74, 6) is 1.42. The lowest BCUT2D eigenvalue weighted by atomic mass is 10.0. The summed E-state index contributed by atoms with van der Waals surface area (Å²) >= 11 is 5.16. The van der Waals surface area contributed by atoms with Crippen LogP contribution in [0.25, 0.3) is 0 Å². The molecule has 3 nitrogen and oxygen atoms in total. The highest BCUT2D eigenvalue weighted by Gasteiger charge is 2.22. The second-order valence-electron chi connectivity index (χ2n) is 5.91. The first kappa shape index (κ1) is 18.3. The van der Waals surface area contributed by atoms with Gasteiger partial charge in [-0.25, -0.2) is 4.39 Å². The van der Waals surface area contributed by atoms with Crippen LogP contribution in [0, 0.1) is 5.82 Å². The van der Waals surface area contributed by atoms with Crippen LogP contribution in [0.2, 0.25) is 0 Å². The molecule has 132 valence electrons. The molecule has 0 bridgehead atoms. The van der Waals surface area contributed by atoms with Gasteiger partial charge in [0.15, 0.2) is 0 Å². The van der Waals surface area contributed by atoms with Crippen molar-refractivity contribution in [3.05, 3.63) is 57.8 Å². The van der Waals surface area contributed by atoms with Crippen LogP contribution >= 0.6 is 27.7 Å². The molecule has 2 aromatic rings. The van der Waals surface area contributed by atoms with Crippen LogP contribution in [0.15, 0.2) is 45.8 Å². The molecule has 1 unspecified atom stereocenters. The molecule has 0 aliphatic carbocycles. The SMILES string of the molecule is COc1ccc(CCC(=O)NC2CCSc3ccc(F)cc32)cc1Br. The number of fused-ring (bicyclic) bond motifs is 1. The molecule has 3 rings (SSSR count). The summed E-state index contributed by atoms with van der Waals surface area (Å²) in [6, 6.07) is 10.5. The number of hydrogen-bond acceptors (Lipinski definition) is 3. The molecule has 0 radical (unpaired) electrons. The fourth-order valence-corrected chi connectivity index (χ4v) is 4.60. The van der Waals surface area contributed by atoms with E-state index in [0.29, 0.717) is 12.8 Å². The van der Waals surface area contributed by atoms with Crippen LogP contribution in [0.4, 0.5) is 4.39 Å². The van der Waals surface area contributed by atoms with E-state index in [9.17, 15) is 9.18 Å². The van der Waals surface area contributed by atoms with Crippen molar-refractivity contribution < 1.29 is 13.9 Å². The molecule has 1 atom stereocenters. The molecule has 0 spiro atoms. The highest BCUT2D eigenvalue weighted by molar-refractivity contribution is 9.10. The molecule has 0 saturated heterocycles. The van der Waals surface area contributed by atoms with E-state index >= 15 is 0 Å². The summed E-state index contributed by atoms with van der Waals surface area (Å²) in [6.45, 7) is 0. The predicted octanol–water partition coefficient (Wildman–Crippen LogP) is 4.88. The summed E-state index contributed by atoms with van der Waals surface area (Å²) in [4.78, 5) is 13.4. The minimum atomic E-state index is -0.261. The first-order valence-corrected chi connectivity index (χ1v) is 9.88. The summed E-state index contributed by atoms with van der Waals surface area (Å²) in [5, 5.41) is 3.05. The van der Waals surface area contributed by atoms with Gasteiger partial charge in [-0.2, -0.15) is 0 Å². The predicted molar refractivity (Wildman–Crippen MR) is 102 cm³/mol. The van der Waals surface area contributed by atoms with Gasteiger partial charge in [0.2, 0.25) is 5.91 Å². The van der Waals surface area contributed by atoms with Crippen LogP contribution in [0.5, 0.6) is 5.75 Å². The molecule has 1 amide bonds. The molecule has 0 saturated carbocycles. The maximum absolute atomic E-state index is 13.5. The molecular weight excluding hydrogens is 405 g/mol. The van der Waals surface area contributed by atoms with Gasteiger partial charge < -0.3 is 10.1 Å². The fourth-order valence-electron chi connectivity index (χ4n) is 2.90. The number of ether oxygens (including phenoxy) is 1. The molecule has 1 heterocycles. The zero-order chi connectivity index (χ0) is 17.8. The van der Waals surface area contributed by atoms with Gasteiger partial charge in [-0.15, -0.1) is 11.8 Å². The smallest absolute Gasteiger partial charge is 0.220 e. The van der Waals surface area contributed by atoms with Crippen molar-refractivity contribution in [3.63, 3.8) is 0 Å². The van der Waals surface area contributed by atoms with E-state index < -0.39 is 0 Å². The minimum Gasteiger partial charge on any atom is -0.496 e. The van der Waals surface area contributed by atoms with Gasteiger partial charge in [-0.1, -0.05) is 6.07 Å². The minimum absolute atomic E-state index is 0.0148. The third-order valence-electron chi connectivity index (χ3n) is 4.20. The second-order valence-corrected chi connectivity index (χ2v) is 7.90. The number of carbonyl (C=O) groups excluding carboxylic acids is 1. The second kappa shape index (κ2) is 8.23. The number of nitrogens with one attached hydrogen (secondary N) is 1. The molecule has 1 aliphatic heterocycles. The topological polar surface area (TPSA) is 38.3 Å². The molecule has 1 N–H and O–H groups in total. The first-order valence-electron chi connectivity index (χ1n) is 8.11. The summed E-state index contributed by atoms with van der Waals surface area (Å²) in [5.41, 5.74) is 1.95. The van der Waals surface area contributed by atoms with Gasteiger partial charge >= 0.3 is 0 Å². The molecule has 2 aromatic carbocycles. The standard InChI is InChI=1S/C19H19BrFNO2S/c1-24-17-5-2-12(10-15(17)20)3-7-19(23)22-16-8-9-25-18-6-4-13(21)11-14(16)18/h2,4-6,10-11,16H,3,7-9H2,1H3,(H,22,23). The first-order chi connectivity index (χ1) is 12.1. The zero-order valence-corrected chi connectivity index (χ0v) is 16.3. The Balaban J connectivity index is 1.60. The Labute approximate surface area is 159 Å². The Hall–Kier alpha value is -1.53. The Kier molecular flexibility index (Phi) is 6.02. The zero-order valence-electron chi connectivity index (χ0n) is 13.9. The fraction of sp³-hybridized carbons (Fsp3) is 0.316. The van der Waals surface area contributed by atoms with Crippen LogP contribution in [-0.2, 0) is 11.2 Å². The average molecular weight is 424 g/mol. The maximum atomic E-state index is 13.5. The molecule has 1 aliphatic rings. The van der Waals surface area contributed by atoms with E-state index in [2.05, 4.69) is 21.2 Å². The highest BCUT2D eigenvalue weighted by Crippen LogP contribution is 2.36.